The Morgan fingerprint density at radius 2 is 1.60 bits per heavy atom. The summed E-state index contributed by atoms with van der Waals surface area (Å²) in [7, 11) is 2.02. The zero-order valence-electron chi connectivity index (χ0n) is 16.2. The Labute approximate surface area is 172 Å². The normalized spacial score (nSPS) is 11.1. The first kappa shape index (κ1) is 17.9. The minimum atomic E-state index is -0.392. The van der Waals surface area contributed by atoms with Crippen molar-refractivity contribution >= 4 is 16.6 Å². The van der Waals surface area contributed by atoms with Gasteiger partial charge in [0.2, 0.25) is 0 Å². The number of aryl methyl sites for hydroxylation is 1. The number of benzene rings is 3. The van der Waals surface area contributed by atoms with Gasteiger partial charge >= 0.3 is 0 Å². The Hall–Kier alpha value is -4.19. The Morgan fingerprint density at radius 1 is 0.900 bits per heavy atom. The highest BCUT2D eigenvalue weighted by molar-refractivity contribution is 5.95. The number of imidazole rings is 1. The molecule has 30 heavy (non-hydrogen) atoms. The number of hydrogen-bond donors (Lipinski definition) is 1. The average Bonchev–Trinajstić information content (AvgIpc) is 3.36. The van der Waals surface area contributed by atoms with Crippen molar-refractivity contribution in [2.24, 2.45) is 7.05 Å². The molecule has 0 aliphatic carbocycles. The summed E-state index contributed by atoms with van der Waals surface area (Å²) in [4.78, 5) is 19.1. The second-order valence-electron chi connectivity index (χ2n) is 7.15. The van der Waals surface area contributed by atoms with E-state index in [1.807, 2.05) is 49.5 Å². The highest BCUT2D eigenvalue weighted by Gasteiger charge is 2.18. The monoisotopic (exact) mass is 394 g/mol. The first-order valence-corrected chi connectivity index (χ1v) is 9.56. The van der Waals surface area contributed by atoms with Gasteiger partial charge in [-0.05, 0) is 18.2 Å². The Morgan fingerprint density at radius 3 is 2.33 bits per heavy atom. The molecule has 5 aromatic rings. The predicted octanol–water partition coefficient (Wildman–Crippen LogP) is 5.81. The van der Waals surface area contributed by atoms with Crippen molar-refractivity contribution in [1.29, 1.82) is 0 Å². The van der Waals surface area contributed by atoms with Crippen molar-refractivity contribution in [2.45, 2.75) is 0 Å². The van der Waals surface area contributed by atoms with E-state index >= 15 is 0 Å². The molecule has 0 atom stereocenters. The molecule has 0 radical (unpaired) electrons. The predicted molar refractivity (Wildman–Crippen MR) is 118 cm³/mol. The van der Waals surface area contributed by atoms with Gasteiger partial charge in [-0.3, -0.25) is 10.1 Å². The number of nitrogens with zero attached hydrogens (tertiary/aromatic N) is 3. The topological polar surface area (TPSA) is 76.8 Å². The van der Waals surface area contributed by atoms with Crippen LogP contribution in [-0.4, -0.2) is 19.5 Å². The fraction of sp³-hybridized carbons (Fsp3) is 0.0417. The van der Waals surface area contributed by atoms with Gasteiger partial charge < -0.3 is 9.55 Å². The summed E-state index contributed by atoms with van der Waals surface area (Å²) < 4.78 is 2.08. The molecule has 0 saturated carbocycles. The van der Waals surface area contributed by atoms with Crippen LogP contribution >= 0.6 is 0 Å². The van der Waals surface area contributed by atoms with E-state index in [1.54, 1.807) is 12.1 Å². The minimum Gasteiger partial charge on any atom is -0.350 e. The van der Waals surface area contributed by atoms with Gasteiger partial charge in [0, 0.05) is 53.0 Å². The van der Waals surface area contributed by atoms with E-state index < -0.39 is 4.92 Å². The lowest BCUT2D eigenvalue weighted by molar-refractivity contribution is -0.384. The largest absolute Gasteiger partial charge is 0.350 e. The molecule has 0 spiro atoms. The van der Waals surface area contributed by atoms with Crippen LogP contribution in [0.5, 0.6) is 0 Å². The molecular formula is C24H18N4O2. The second-order valence-corrected chi connectivity index (χ2v) is 7.15. The van der Waals surface area contributed by atoms with E-state index in [1.165, 1.54) is 12.1 Å². The fourth-order valence-electron chi connectivity index (χ4n) is 3.79. The highest BCUT2D eigenvalue weighted by Crippen LogP contribution is 2.36. The SMILES string of the molecule is Cn1cc(-c2nc(-c3ccccc3)c(-c3ccc([N+](=O)[O-])cc3)[nH]2)c2ccccc21. The zero-order valence-corrected chi connectivity index (χ0v) is 16.2. The number of H-pyrrole nitrogens is 1. The Bertz CT molecular complexity index is 1370. The van der Waals surface area contributed by atoms with Crippen LogP contribution in [0.15, 0.2) is 85.1 Å². The molecule has 0 bridgehead atoms. The van der Waals surface area contributed by atoms with E-state index in [0.29, 0.717) is 0 Å². The Balaban J connectivity index is 1.72. The third-order valence-electron chi connectivity index (χ3n) is 5.27. The molecule has 0 saturated heterocycles. The number of hydrogen-bond acceptors (Lipinski definition) is 3. The van der Waals surface area contributed by atoms with E-state index in [2.05, 4.69) is 27.9 Å². The molecule has 0 unspecified atom stereocenters. The van der Waals surface area contributed by atoms with Gasteiger partial charge in [0.25, 0.3) is 5.69 Å². The van der Waals surface area contributed by atoms with Crippen LogP contribution in [-0.2, 0) is 7.05 Å². The third-order valence-corrected chi connectivity index (χ3v) is 5.27. The van der Waals surface area contributed by atoms with Gasteiger partial charge in [0.1, 0.15) is 5.82 Å². The first-order chi connectivity index (χ1) is 14.6. The fourth-order valence-corrected chi connectivity index (χ4v) is 3.79. The van der Waals surface area contributed by atoms with Crippen molar-refractivity contribution in [3.63, 3.8) is 0 Å². The van der Waals surface area contributed by atoms with Crippen molar-refractivity contribution in [3.8, 4) is 33.9 Å². The lowest BCUT2D eigenvalue weighted by Gasteiger charge is -2.03. The summed E-state index contributed by atoms with van der Waals surface area (Å²) in [5.74, 6) is 0.763. The lowest BCUT2D eigenvalue weighted by atomic mass is 10.0. The molecule has 2 heterocycles. The number of aromatic nitrogens is 3. The van der Waals surface area contributed by atoms with Crippen LogP contribution in [0.4, 0.5) is 5.69 Å². The molecule has 6 nitrogen and oxygen atoms in total. The summed E-state index contributed by atoms with van der Waals surface area (Å²) in [5.41, 5.74) is 5.67. The van der Waals surface area contributed by atoms with Crippen LogP contribution in [0.1, 0.15) is 0 Å². The van der Waals surface area contributed by atoms with Crippen LogP contribution in [0.2, 0.25) is 0 Å². The summed E-state index contributed by atoms with van der Waals surface area (Å²) in [6.07, 6.45) is 2.07. The number of nitrogens with one attached hydrogen (secondary N) is 1. The van der Waals surface area contributed by atoms with Crippen molar-refractivity contribution in [1.82, 2.24) is 14.5 Å². The summed E-state index contributed by atoms with van der Waals surface area (Å²) in [5, 5.41) is 12.2. The zero-order chi connectivity index (χ0) is 20.7. The van der Waals surface area contributed by atoms with Gasteiger partial charge in [0.05, 0.1) is 16.3 Å². The maximum Gasteiger partial charge on any atom is 0.269 e. The number of aromatic amines is 1. The molecule has 6 heteroatoms. The molecule has 0 fully saturated rings. The van der Waals surface area contributed by atoms with Crippen LogP contribution in [0, 0.1) is 10.1 Å². The molecule has 146 valence electrons. The summed E-state index contributed by atoms with van der Waals surface area (Å²) in [6.45, 7) is 0. The molecule has 1 N–H and O–H groups in total. The summed E-state index contributed by atoms with van der Waals surface area (Å²) >= 11 is 0. The minimum absolute atomic E-state index is 0.0637. The van der Waals surface area contributed by atoms with E-state index in [4.69, 9.17) is 4.98 Å². The van der Waals surface area contributed by atoms with Crippen LogP contribution in [0.3, 0.4) is 0 Å². The molecule has 2 aromatic heterocycles. The number of para-hydroxylation sites is 1. The average molecular weight is 394 g/mol. The molecule has 0 aliphatic heterocycles. The van der Waals surface area contributed by atoms with Gasteiger partial charge in [-0.15, -0.1) is 0 Å². The highest BCUT2D eigenvalue weighted by atomic mass is 16.6. The summed E-state index contributed by atoms with van der Waals surface area (Å²) in [6, 6.07) is 24.7. The molecule has 5 rings (SSSR count). The van der Waals surface area contributed by atoms with E-state index in [-0.39, 0.29) is 5.69 Å². The quantitative estimate of drug-likeness (QED) is 0.309. The van der Waals surface area contributed by atoms with E-state index in [0.717, 1.165) is 44.8 Å². The van der Waals surface area contributed by atoms with Crippen molar-refractivity contribution < 1.29 is 4.92 Å². The first-order valence-electron chi connectivity index (χ1n) is 9.56. The number of fused-ring (bicyclic) bond motifs is 1. The third kappa shape index (κ3) is 2.95. The van der Waals surface area contributed by atoms with Crippen molar-refractivity contribution in [2.75, 3.05) is 0 Å². The van der Waals surface area contributed by atoms with Gasteiger partial charge in [-0.2, -0.15) is 0 Å². The number of rotatable bonds is 4. The number of nitro groups is 1. The molecular weight excluding hydrogens is 376 g/mol. The van der Waals surface area contributed by atoms with Crippen LogP contribution in [0.25, 0.3) is 44.8 Å². The smallest absolute Gasteiger partial charge is 0.269 e. The number of non-ortho nitro benzene ring substituents is 1. The lowest BCUT2D eigenvalue weighted by Crippen LogP contribution is -1.88. The van der Waals surface area contributed by atoms with Gasteiger partial charge in [-0.1, -0.05) is 48.5 Å². The molecule has 0 aliphatic rings. The second kappa shape index (κ2) is 7.00. The maximum absolute atomic E-state index is 11.0. The standard InChI is InChI=1S/C24H18N4O2/c1-27-15-20(19-9-5-6-10-21(19)27)24-25-22(16-7-3-2-4-8-16)23(26-24)17-11-13-18(14-12-17)28(29)30/h2-15H,1H3,(H,25,26). The number of nitro benzene ring substituents is 1. The van der Waals surface area contributed by atoms with Crippen molar-refractivity contribution in [3.05, 3.63) is 95.2 Å². The van der Waals surface area contributed by atoms with Crippen LogP contribution < -0.4 is 0 Å². The van der Waals surface area contributed by atoms with E-state index in [9.17, 15) is 10.1 Å². The molecule has 0 amide bonds. The van der Waals surface area contributed by atoms with Gasteiger partial charge in [-0.25, -0.2) is 4.98 Å². The molecule has 3 aromatic carbocycles. The Kier molecular flexibility index (Phi) is 4.17. The maximum atomic E-state index is 11.0. The van der Waals surface area contributed by atoms with Gasteiger partial charge in [0.15, 0.2) is 0 Å².